The molecule has 1 saturated carbocycles. The molecule has 0 radical (unpaired) electrons. The Balaban J connectivity index is 2.23. The van der Waals surface area contributed by atoms with Crippen LogP contribution in [0.2, 0.25) is 0 Å². The van der Waals surface area contributed by atoms with Gasteiger partial charge in [0.25, 0.3) is 0 Å². The number of para-hydroxylation sites is 1. The Morgan fingerprint density at radius 2 is 2.14 bits per heavy atom. The van der Waals surface area contributed by atoms with Gasteiger partial charge in [0.1, 0.15) is 5.75 Å². The first kappa shape index (κ1) is 9.57. The summed E-state index contributed by atoms with van der Waals surface area (Å²) >= 11 is 0. The third-order valence-electron chi connectivity index (χ3n) is 2.71. The van der Waals surface area contributed by atoms with E-state index in [1.54, 1.807) is 0 Å². The average Bonchev–Trinajstić information content (AvgIpc) is 2.99. The third-order valence-corrected chi connectivity index (χ3v) is 2.71. The van der Waals surface area contributed by atoms with E-state index in [1.165, 1.54) is 24.0 Å². The van der Waals surface area contributed by atoms with Crippen LogP contribution >= 0.6 is 0 Å². The van der Waals surface area contributed by atoms with E-state index in [1.807, 2.05) is 0 Å². The van der Waals surface area contributed by atoms with Crippen LogP contribution in [-0.4, -0.2) is 6.61 Å². The maximum Gasteiger partial charge on any atom is 0.125 e. The number of benzene rings is 1. The molecule has 76 valence electrons. The molecule has 1 aliphatic rings. The van der Waals surface area contributed by atoms with Crippen molar-refractivity contribution in [3.05, 3.63) is 29.3 Å². The summed E-state index contributed by atoms with van der Waals surface area (Å²) in [7, 11) is 0. The van der Waals surface area contributed by atoms with Crippen molar-refractivity contribution >= 4 is 0 Å². The van der Waals surface area contributed by atoms with Crippen molar-refractivity contribution in [3.8, 4) is 5.75 Å². The molecule has 2 rings (SSSR count). The molecular weight excluding hydrogens is 172 g/mol. The van der Waals surface area contributed by atoms with Crippen LogP contribution in [-0.2, 0) is 0 Å². The van der Waals surface area contributed by atoms with E-state index in [-0.39, 0.29) is 0 Å². The number of ether oxygens (including phenoxy) is 1. The zero-order valence-corrected chi connectivity index (χ0v) is 9.05. The summed E-state index contributed by atoms with van der Waals surface area (Å²) in [6.07, 6.45) is 3.76. The number of aryl methyl sites for hydroxylation is 1. The molecule has 0 N–H and O–H groups in total. The number of hydrogen-bond donors (Lipinski definition) is 0. The van der Waals surface area contributed by atoms with Gasteiger partial charge in [-0.25, -0.2) is 0 Å². The van der Waals surface area contributed by atoms with E-state index >= 15 is 0 Å². The molecule has 0 unspecified atom stereocenters. The van der Waals surface area contributed by atoms with Crippen molar-refractivity contribution in [2.75, 3.05) is 6.61 Å². The van der Waals surface area contributed by atoms with Crippen molar-refractivity contribution in [1.82, 2.24) is 0 Å². The SMILES string of the molecule is CCCOc1c(C)cccc1C1CC1. The van der Waals surface area contributed by atoms with Crippen LogP contribution < -0.4 is 4.74 Å². The second-order valence-corrected chi connectivity index (χ2v) is 4.12. The maximum atomic E-state index is 5.82. The Morgan fingerprint density at radius 3 is 2.79 bits per heavy atom. The molecule has 0 amide bonds. The van der Waals surface area contributed by atoms with Gasteiger partial charge in [-0.15, -0.1) is 0 Å². The maximum absolute atomic E-state index is 5.82. The van der Waals surface area contributed by atoms with Gasteiger partial charge in [0.15, 0.2) is 0 Å². The normalized spacial score (nSPS) is 15.6. The minimum Gasteiger partial charge on any atom is -0.493 e. The van der Waals surface area contributed by atoms with Gasteiger partial charge in [0.2, 0.25) is 0 Å². The zero-order valence-electron chi connectivity index (χ0n) is 9.05. The Hall–Kier alpha value is -0.980. The van der Waals surface area contributed by atoms with Gasteiger partial charge in [0.05, 0.1) is 6.61 Å². The van der Waals surface area contributed by atoms with Gasteiger partial charge >= 0.3 is 0 Å². The van der Waals surface area contributed by atoms with Gasteiger partial charge in [-0.3, -0.25) is 0 Å². The highest BCUT2D eigenvalue weighted by Crippen LogP contribution is 2.45. The highest BCUT2D eigenvalue weighted by Gasteiger charge is 2.27. The average molecular weight is 190 g/mol. The van der Waals surface area contributed by atoms with Crippen molar-refractivity contribution in [2.24, 2.45) is 0 Å². The van der Waals surface area contributed by atoms with Crippen LogP contribution in [0, 0.1) is 6.92 Å². The van der Waals surface area contributed by atoms with E-state index in [4.69, 9.17) is 4.74 Å². The second-order valence-electron chi connectivity index (χ2n) is 4.12. The molecule has 0 atom stereocenters. The molecule has 0 bridgehead atoms. The first-order valence-electron chi connectivity index (χ1n) is 5.55. The van der Waals surface area contributed by atoms with E-state index in [2.05, 4.69) is 32.0 Å². The standard InChI is InChI=1S/C13H18O/c1-3-9-14-13-10(2)5-4-6-12(13)11-7-8-11/h4-6,11H,3,7-9H2,1-2H3. The van der Waals surface area contributed by atoms with Crippen molar-refractivity contribution in [1.29, 1.82) is 0 Å². The minimum atomic E-state index is 0.779. The summed E-state index contributed by atoms with van der Waals surface area (Å²) in [5.74, 6) is 1.93. The largest absolute Gasteiger partial charge is 0.493 e. The van der Waals surface area contributed by atoms with Gasteiger partial charge in [-0.05, 0) is 43.2 Å². The second kappa shape index (κ2) is 4.04. The molecule has 0 spiro atoms. The lowest BCUT2D eigenvalue weighted by molar-refractivity contribution is 0.312. The summed E-state index contributed by atoms with van der Waals surface area (Å²) in [5.41, 5.74) is 2.71. The zero-order chi connectivity index (χ0) is 9.97. The Bertz CT molecular complexity index is 313. The van der Waals surface area contributed by atoms with Crippen LogP contribution in [0.15, 0.2) is 18.2 Å². The molecule has 0 aromatic heterocycles. The van der Waals surface area contributed by atoms with Crippen LogP contribution in [0.25, 0.3) is 0 Å². The fourth-order valence-corrected chi connectivity index (χ4v) is 1.79. The summed E-state index contributed by atoms with van der Waals surface area (Å²) in [5, 5.41) is 0. The monoisotopic (exact) mass is 190 g/mol. The molecule has 1 fully saturated rings. The van der Waals surface area contributed by atoms with Crippen LogP contribution in [0.4, 0.5) is 0 Å². The highest BCUT2D eigenvalue weighted by atomic mass is 16.5. The van der Waals surface area contributed by atoms with E-state index in [0.717, 1.165) is 24.7 Å². The number of rotatable bonds is 4. The van der Waals surface area contributed by atoms with E-state index < -0.39 is 0 Å². The van der Waals surface area contributed by atoms with Gasteiger partial charge in [0, 0.05) is 0 Å². The molecule has 1 aromatic rings. The smallest absolute Gasteiger partial charge is 0.125 e. The molecule has 0 heterocycles. The number of hydrogen-bond acceptors (Lipinski definition) is 1. The summed E-state index contributed by atoms with van der Waals surface area (Å²) in [6.45, 7) is 5.12. The van der Waals surface area contributed by atoms with Crippen molar-refractivity contribution < 1.29 is 4.74 Å². The molecular formula is C13H18O. The van der Waals surface area contributed by atoms with Crippen LogP contribution in [0.5, 0.6) is 5.75 Å². The van der Waals surface area contributed by atoms with Crippen LogP contribution in [0.1, 0.15) is 43.2 Å². The summed E-state index contributed by atoms with van der Waals surface area (Å²) in [6, 6.07) is 6.49. The Kier molecular flexibility index (Phi) is 2.76. The first-order chi connectivity index (χ1) is 6.83. The molecule has 1 aromatic carbocycles. The van der Waals surface area contributed by atoms with E-state index in [0.29, 0.717) is 0 Å². The quantitative estimate of drug-likeness (QED) is 0.704. The fraction of sp³-hybridized carbons (Fsp3) is 0.538. The molecule has 0 saturated heterocycles. The lowest BCUT2D eigenvalue weighted by Crippen LogP contribution is -2.00. The minimum absolute atomic E-state index is 0.779. The van der Waals surface area contributed by atoms with Gasteiger partial charge in [-0.1, -0.05) is 25.1 Å². The predicted octanol–water partition coefficient (Wildman–Crippen LogP) is 3.66. The summed E-state index contributed by atoms with van der Waals surface area (Å²) < 4.78 is 5.82. The lowest BCUT2D eigenvalue weighted by Gasteiger charge is -2.12. The van der Waals surface area contributed by atoms with Gasteiger partial charge in [-0.2, -0.15) is 0 Å². The summed E-state index contributed by atoms with van der Waals surface area (Å²) in [4.78, 5) is 0. The Morgan fingerprint density at radius 1 is 1.36 bits per heavy atom. The lowest BCUT2D eigenvalue weighted by atomic mass is 10.1. The molecule has 0 aliphatic heterocycles. The Labute approximate surface area is 86.1 Å². The molecule has 14 heavy (non-hydrogen) atoms. The fourth-order valence-electron chi connectivity index (χ4n) is 1.79. The van der Waals surface area contributed by atoms with Gasteiger partial charge < -0.3 is 4.74 Å². The first-order valence-corrected chi connectivity index (χ1v) is 5.55. The van der Waals surface area contributed by atoms with Crippen molar-refractivity contribution in [2.45, 2.75) is 39.0 Å². The predicted molar refractivity (Wildman–Crippen MR) is 58.9 cm³/mol. The molecule has 1 heteroatoms. The highest BCUT2D eigenvalue weighted by molar-refractivity contribution is 5.44. The topological polar surface area (TPSA) is 9.23 Å². The van der Waals surface area contributed by atoms with Crippen LogP contribution in [0.3, 0.4) is 0 Å². The third kappa shape index (κ3) is 1.92. The molecule has 1 nitrogen and oxygen atoms in total. The van der Waals surface area contributed by atoms with E-state index in [9.17, 15) is 0 Å². The molecule has 1 aliphatic carbocycles. The van der Waals surface area contributed by atoms with Crippen molar-refractivity contribution in [3.63, 3.8) is 0 Å².